The van der Waals surface area contributed by atoms with Crippen molar-refractivity contribution >= 4 is 40.6 Å². The highest BCUT2D eigenvalue weighted by atomic mass is 16.4. The van der Waals surface area contributed by atoms with Crippen LogP contribution < -0.4 is 33.2 Å². The molecule has 3 rings (SSSR count). The van der Waals surface area contributed by atoms with Gasteiger partial charge in [0.25, 0.3) is 0 Å². The molecule has 3 amide bonds. The first-order valence-corrected chi connectivity index (χ1v) is 14.3. The lowest BCUT2D eigenvalue weighted by Crippen LogP contribution is -2.60. The summed E-state index contributed by atoms with van der Waals surface area (Å²) in [6, 6.07) is 8.15. The van der Waals surface area contributed by atoms with Crippen LogP contribution in [0.25, 0.3) is 10.9 Å². The number of aliphatic hydroxyl groups is 1. The number of aliphatic carboxylic acids is 1. The molecule has 0 aliphatic rings. The number of nitrogens with zero attached hydrogens (tertiary/aromatic N) is 1. The zero-order valence-corrected chi connectivity index (χ0v) is 24.8. The number of amides is 3. The predicted octanol–water partition coefficient (Wildman–Crippen LogP) is -1.04. The molecule has 0 aliphatic heterocycles. The number of nitrogens with two attached hydrogens (primary N) is 3. The Hall–Kier alpha value is -5.15. The minimum atomic E-state index is -1.49. The number of carboxylic acids is 1. The number of aromatic hydroxyl groups is 1. The molecule has 0 radical (unpaired) electrons. The van der Waals surface area contributed by atoms with Crippen molar-refractivity contribution in [3.05, 3.63) is 65.9 Å². The van der Waals surface area contributed by atoms with Gasteiger partial charge >= 0.3 is 5.97 Å². The molecule has 0 saturated carbocycles. The number of carboxylic acid groups (broad SMARTS) is 1. The van der Waals surface area contributed by atoms with Crippen LogP contribution in [-0.2, 0) is 32.0 Å². The quantitative estimate of drug-likeness (QED) is 0.0525. The summed E-state index contributed by atoms with van der Waals surface area (Å²) < 4.78 is 0. The van der Waals surface area contributed by atoms with Crippen molar-refractivity contribution in [2.45, 2.75) is 62.9 Å². The summed E-state index contributed by atoms with van der Waals surface area (Å²) >= 11 is 0. The van der Waals surface area contributed by atoms with Crippen molar-refractivity contribution in [3.8, 4) is 5.75 Å². The summed E-state index contributed by atoms with van der Waals surface area (Å²) in [5.41, 5.74) is 19.0. The Morgan fingerprint density at radius 2 is 1.58 bits per heavy atom. The van der Waals surface area contributed by atoms with Gasteiger partial charge in [0.2, 0.25) is 17.7 Å². The number of guanidine groups is 1. The Morgan fingerprint density at radius 3 is 2.22 bits per heavy atom. The van der Waals surface area contributed by atoms with Gasteiger partial charge in [-0.25, -0.2) is 4.79 Å². The molecule has 45 heavy (non-hydrogen) atoms. The fraction of sp³-hybridized carbons (Fsp3) is 0.367. The number of nitrogens with one attached hydrogen (secondary N) is 4. The lowest BCUT2D eigenvalue weighted by atomic mass is 10.0. The normalized spacial score (nSPS) is 14.4. The van der Waals surface area contributed by atoms with E-state index in [4.69, 9.17) is 17.2 Å². The van der Waals surface area contributed by atoms with E-state index in [1.165, 1.54) is 31.2 Å². The van der Waals surface area contributed by atoms with E-state index in [9.17, 15) is 34.5 Å². The number of aliphatic imine (C=N–C) groups is 1. The smallest absolute Gasteiger partial charge is 0.326 e. The monoisotopic (exact) mass is 624 g/mol. The first kappa shape index (κ1) is 34.3. The average molecular weight is 625 g/mol. The summed E-state index contributed by atoms with van der Waals surface area (Å²) in [6.45, 7) is 1.44. The molecule has 0 saturated heterocycles. The lowest BCUT2D eigenvalue weighted by molar-refractivity contribution is -0.142. The number of para-hydroxylation sites is 1. The van der Waals surface area contributed by atoms with Crippen LogP contribution in [0.2, 0.25) is 0 Å². The molecule has 1 heterocycles. The summed E-state index contributed by atoms with van der Waals surface area (Å²) in [7, 11) is 0. The molecule has 13 N–H and O–H groups in total. The van der Waals surface area contributed by atoms with Crippen molar-refractivity contribution < 1.29 is 34.5 Å². The summed E-state index contributed by atoms with van der Waals surface area (Å²) in [4.78, 5) is 58.5. The molecule has 1 aromatic heterocycles. The van der Waals surface area contributed by atoms with Crippen LogP contribution in [0.15, 0.2) is 59.7 Å². The third kappa shape index (κ3) is 10.2. The number of hydrogen-bond acceptors (Lipinski definition) is 8. The third-order valence-electron chi connectivity index (χ3n) is 7.08. The van der Waals surface area contributed by atoms with Crippen molar-refractivity contribution in [3.63, 3.8) is 0 Å². The van der Waals surface area contributed by atoms with Gasteiger partial charge in [0, 0.05) is 30.1 Å². The number of aliphatic hydroxyl groups excluding tert-OH is 1. The van der Waals surface area contributed by atoms with Gasteiger partial charge in [-0.1, -0.05) is 30.3 Å². The summed E-state index contributed by atoms with van der Waals surface area (Å²) in [5, 5.41) is 38.0. The second-order valence-corrected chi connectivity index (χ2v) is 10.7. The van der Waals surface area contributed by atoms with Gasteiger partial charge in [0.05, 0.1) is 12.1 Å². The fourth-order valence-electron chi connectivity index (χ4n) is 4.67. The molecular formula is C30H40N8O7. The van der Waals surface area contributed by atoms with E-state index in [1.807, 2.05) is 24.3 Å². The zero-order valence-electron chi connectivity index (χ0n) is 24.8. The predicted molar refractivity (Wildman–Crippen MR) is 167 cm³/mol. The van der Waals surface area contributed by atoms with E-state index in [-0.39, 0.29) is 43.9 Å². The Labute approximate surface area is 259 Å². The molecule has 2 aromatic carbocycles. The number of phenols is 1. The summed E-state index contributed by atoms with van der Waals surface area (Å²) in [5.74, 6) is -3.89. The number of aromatic nitrogens is 1. The number of hydrogen-bond donors (Lipinski definition) is 10. The van der Waals surface area contributed by atoms with Crippen molar-refractivity contribution in [2.24, 2.45) is 22.2 Å². The van der Waals surface area contributed by atoms with Gasteiger partial charge in [-0.2, -0.15) is 0 Å². The van der Waals surface area contributed by atoms with Gasteiger partial charge < -0.3 is 53.5 Å². The van der Waals surface area contributed by atoms with Crippen LogP contribution in [0.1, 0.15) is 30.9 Å². The number of phenolic OH excluding ortho intramolecular Hbond substituents is 1. The molecule has 5 unspecified atom stereocenters. The molecule has 0 fully saturated rings. The Bertz CT molecular complexity index is 1500. The van der Waals surface area contributed by atoms with Crippen LogP contribution in [0.4, 0.5) is 0 Å². The van der Waals surface area contributed by atoms with E-state index in [1.54, 1.807) is 6.20 Å². The maximum atomic E-state index is 13.4. The largest absolute Gasteiger partial charge is 0.508 e. The zero-order chi connectivity index (χ0) is 33.1. The van der Waals surface area contributed by atoms with Gasteiger partial charge in [0.1, 0.15) is 23.9 Å². The number of carbonyl (C=O) groups excluding carboxylic acids is 3. The Kier molecular flexibility index (Phi) is 12.3. The highest BCUT2D eigenvalue weighted by molar-refractivity contribution is 5.95. The molecule has 0 bridgehead atoms. The van der Waals surface area contributed by atoms with E-state index >= 15 is 0 Å². The van der Waals surface area contributed by atoms with Crippen LogP contribution in [0.5, 0.6) is 5.75 Å². The van der Waals surface area contributed by atoms with Crippen molar-refractivity contribution in [1.82, 2.24) is 20.9 Å². The first-order chi connectivity index (χ1) is 21.3. The van der Waals surface area contributed by atoms with Crippen LogP contribution in [0, 0.1) is 0 Å². The minimum Gasteiger partial charge on any atom is -0.508 e. The fourth-order valence-corrected chi connectivity index (χ4v) is 4.67. The lowest BCUT2D eigenvalue weighted by Gasteiger charge is -2.26. The standard InChI is InChI=1S/C30H40N8O7/c1-16(39)25(38-26(41)21(31)14-18-15-35-22-6-3-2-5-20(18)22)28(43)37-24(13-17-8-10-19(40)11-9-17)27(42)36-23(29(44)45)7-4-12-34-30(32)33/h2-3,5-6,8-11,15-16,21,23-25,35,39-40H,4,7,12-14,31H2,1H3,(H,36,42)(H,37,43)(H,38,41)(H,44,45)(H4,32,33,34). The molecule has 15 nitrogen and oxygen atoms in total. The van der Waals surface area contributed by atoms with Crippen LogP contribution in [-0.4, -0.2) is 86.8 Å². The molecule has 5 atom stereocenters. The SMILES string of the molecule is CC(O)C(NC(=O)C(N)Cc1c[nH]c2ccccc12)C(=O)NC(Cc1ccc(O)cc1)C(=O)NC(CCCN=C(N)N)C(=O)O. The van der Waals surface area contributed by atoms with Crippen molar-refractivity contribution in [2.75, 3.05) is 6.54 Å². The number of fused-ring (bicyclic) bond motifs is 1. The van der Waals surface area contributed by atoms with E-state index in [0.29, 0.717) is 5.56 Å². The van der Waals surface area contributed by atoms with Gasteiger partial charge in [-0.15, -0.1) is 0 Å². The highest BCUT2D eigenvalue weighted by Gasteiger charge is 2.32. The maximum Gasteiger partial charge on any atom is 0.326 e. The first-order valence-electron chi connectivity index (χ1n) is 14.3. The highest BCUT2D eigenvalue weighted by Crippen LogP contribution is 2.19. The third-order valence-corrected chi connectivity index (χ3v) is 7.08. The summed E-state index contributed by atoms with van der Waals surface area (Å²) in [6.07, 6.45) is 0.661. The second kappa shape index (κ2) is 16.1. The number of benzene rings is 2. The van der Waals surface area contributed by atoms with E-state index < -0.39 is 54.0 Å². The molecule has 242 valence electrons. The number of aromatic amines is 1. The molecule has 0 spiro atoms. The van der Waals surface area contributed by atoms with Crippen LogP contribution in [0.3, 0.4) is 0 Å². The molecule has 3 aromatic rings. The topological polar surface area (TPSA) is 271 Å². The van der Waals surface area contributed by atoms with Gasteiger partial charge in [0.15, 0.2) is 5.96 Å². The van der Waals surface area contributed by atoms with Gasteiger partial charge in [-0.3, -0.25) is 19.4 Å². The van der Waals surface area contributed by atoms with E-state index in [0.717, 1.165) is 16.5 Å². The molecule has 15 heteroatoms. The number of H-pyrrole nitrogens is 1. The minimum absolute atomic E-state index is 0.00158. The molecule has 0 aliphatic carbocycles. The Balaban J connectivity index is 1.73. The maximum absolute atomic E-state index is 13.4. The average Bonchev–Trinajstić information content (AvgIpc) is 3.39. The number of rotatable bonds is 16. The second-order valence-electron chi connectivity index (χ2n) is 10.7. The Morgan fingerprint density at radius 1 is 0.911 bits per heavy atom. The van der Waals surface area contributed by atoms with Crippen molar-refractivity contribution in [1.29, 1.82) is 0 Å². The van der Waals surface area contributed by atoms with Crippen LogP contribution >= 0.6 is 0 Å². The van der Waals surface area contributed by atoms with E-state index in [2.05, 4.69) is 25.9 Å². The van der Waals surface area contributed by atoms with Gasteiger partial charge in [-0.05, 0) is 55.5 Å². The molecular weight excluding hydrogens is 584 g/mol. The number of carbonyl (C=O) groups is 4.